The Kier molecular flexibility index (Phi) is 4.22. The van der Waals surface area contributed by atoms with Crippen molar-refractivity contribution in [3.05, 3.63) is 41.3 Å². The zero-order valence-corrected chi connectivity index (χ0v) is 11.2. The summed E-state index contributed by atoms with van der Waals surface area (Å²) >= 11 is 5.95. The number of halogens is 5. The highest BCUT2D eigenvalue weighted by molar-refractivity contribution is 6.33. The highest BCUT2D eigenvalue weighted by Crippen LogP contribution is 2.32. The van der Waals surface area contributed by atoms with Crippen molar-refractivity contribution in [3.8, 4) is 17.0 Å². The summed E-state index contributed by atoms with van der Waals surface area (Å²) in [7, 11) is 0. The average molecular weight is 321 g/mol. The molecule has 0 aliphatic rings. The molecule has 3 nitrogen and oxygen atoms in total. The Morgan fingerprint density at radius 3 is 2.62 bits per heavy atom. The largest absolute Gasteiger partial charge is 0.468 e. The Bertz CT molecular complexity index is 661. The van der Waals surface area contributed by atoms with E-state index in [2.05, 4.69) is 9.72 Å². The fraction of sp³-hybridized carbons (Fsp3) is 0.154. The van der Waals surface area contributed by atoms with E-state index in [0.29, 0.717) is 5.56 Å². The normalized spacial score (nSPS) is 11.5. The minimum atomic E-state index is -4.47. The van der Waals surface area contributed by atoms with Crippen LogP contribution >= 0.6 is 11.6 Å². The summed E-state index contributed by atoms with van der Waals surface area (Å²) in [6.45, 7) is -1.46. The van der Waals surface area contributed by atoms with Crippen molar-refractivity contribution in [2.45, 2.75) is 6.18 Å². The summed E-state index contributed by atoms with van der Waals surface area (Å²) in [5.41, 5.74) is 5.90. The van der Waals surface area contributed by atoms with E-state index in [1.54, 1.807) is 0 Å². The number of hydrogen-bond donors (Lipinski definition) is 1. The van der Waals surface area contributed by atoms with Crippen LogP contribution in [0.2, 0.25) is 5.02 Å². The van der Waals surface area contributed by atoms with Gasteiger partial charge in [0.25, 0.3) is 0 Å². The molecule has 0 aliphatic carbocycles. The summed E-state index contributed by atoms with van der Waals surface area (Å²) in [4.78, 5) is 3.65. The SMILES string of the molecule is Nc1cc(Cl)c(-c2ccnc(OCC(F)(F)F)c2)cc1F. The van der Waals surface area contributed by atoms with E-state index < -0.39 is 18.6 Å². The van der Waals surface area contributed by atoms with Gasteiger partial charge >= 0.3 is 6.18 Å². The van der Waals surface area contributed by atoms with Crippen LogP contribution in [0.15, 0.2) is 30.5 Å². The van der Waals surface area contributed by atoms with Crippen LogP contribution in [0, 0.1) is 5.82 Å². The lowest BCUT2D eigenvalue weighted by Gasteiger charge is -2.10. The van der Waals surface area contributed by atoms with Crippen LogP contribution in [0.25, 0.3) is 11.1 Å². The van der Waals surface area contributed by atoms with Gasteiger partial charge in [-0.25, -0.2) is 9.37 Å². The maximum absolute atomic E-state index is 13.5. The summed E-state index contributed by atoms with van der Waals surface area (Å²) < 4.78 is 54.3. The van der Waals surface area contributed by atoms with Gasteiger partial charge in [-0.2, -0.15) is 13.2 Å². The molecule has 0 saturated heterocycles. The van der Waals surface area contributed by atoms with Crippen LogP contribution in [0.5, 0.6) is 5.88 Å². The smallest absolute Gasteiger partial charge is 0.422 e. The number of nitrogen functional groups attached to an aromatic ring is 1. The third-order valence-electron chi connectivity index (χ3n) is 2.52. The van der Waals surface area contributed by atoms with Crippen LogP contribution in [-0.2, 0) is 0 Å². The van der Waals surface area contributed by atoms with E-state index in [9.17, 15) is 17.6 Å². The Morgan fingerprint density at radius 2 is 1.95 bits per heavy atom. The zero-order valence-electron chi connectivity index (χ0n) is 10.4. The molecule has 2 N–H and O–H groups in total. The molecular weight excluding hydrogens is 312 g/mol. The molecule has 0 amide bonds. The second kappa shape index (κ2) is 5.77. The first-order valence-corrected chi connectivity index (χ1v) is 6.04. The first kappa shape index (κ1) is 15.4. The first-order chi connectivity index (χ1) is 9.76. The van der Waals surface area contributed by atoms with Crippen LogP contribution in [0.3, 0.4) is 0 Å². The maximum Gasteiger partial charge on any atom is 0.422 e. The summed E-state index contributed by atoms with van der Waals surface area (Å²) in [6, 6.07) is 5.03. The van der Waals surface area contributed by atoms with E-state index in [4.69, 9.17) is 17.3 Å². The van der Waals surface area contributed by atoms with Crippen LogP contribution < -0.4 is 10.5 Å². The number of nitrogens with two attached hydrogens (primary N) is 1. The van der Waals surface area contributed by atoms with Gasteiger partial charge in [0.1, 0.15) is 5.82 Å². The molecule has 0 saturated carbocycles. The molecule has 0 radical (unpaired) electrons. The third-order valence-corrected chi connectivity index (χ3v) is 2.83. The molecule has 2 aromatic rings. The maximum atomic E-state index is 13.5. The Balaban J connectivity index is 2.31. The van der Waals surface area contributed by atoms with Crippen molar-refractivity contribution >= 4 is 17.3 Å². The van der Waals surface area contributed by atoms with Crippen molar-refractivity contribution in [1.82, 2.24) is 4.98 Å². The number of aromatic nitrogens is 1. The standard InChI is InChI=1S/C13H9ClF4N2O/c14-9-5-11(19)10(15)4-8(9)7-1-2-20-12(3-7)21-6-13(16,17)18/h1-5H,6,19H2. The second-order valence-electron chi connectivity index (χ2n) is 4.14. The molecule has 0 bridgehead atoms. The van der Waals surface area contributed by atoms with Gasteiger partial charge in [0, 0.05) is 17.8 Å². The molecule has 21 heavy (non-hydrogen) atoms. The van der Waals surface area contributed by atoms with Gasteiger partial charge in [-0.3, -0.25) is 0 Å². The van der Waals surface area contributed by atoms with Crippen molar-refractivity contribution in [1.29, 1.82) is 0 Å². The van der Waals surface area contributed by atoms with Crippen LogP contribution in [0.1, 0.15) is 0 Å². The minimum Gasteiger partial charge on any atom is -0.468 e. The average Bonchev–Trinajstić information content (AvgIpc) is 2.40. The molecule has 1 heterocycles. The van der Waals surface area contributed by atoms with Gasteiger partial charge in [0.15, 0.2) is 6.61 Å². The second-order valence-corrected chi connectivity index (χ2v) is 4.55. The molecule has 112 valence electrons. The molecule has 0 atom stereocenters. The van der Waals surface area contributed by atoms with E-state index in [-0.39, 0.29) is 22.2 Å². The van der Waals surface area contributed by atoms with Gasteiger partial charge in [-0.05, 0) is 23.8 Å². The van der Waals surface area contributed by atoms with Crippen LogP contribution in [0.4, 0.5) is 23.2 Å². The molecule has 8 heteroatoms. The number of nitrogens with zero attached hydrogens (tertiary/aromatic N) is 1. The fourth-order valence-corrected chi connectivity index (χ4v) is 1.88. The highest BCUT2D eigenvalue weighted by atomic mass is 35.5. The Labute approximate surface area is 122 Å². The number of anilines is 1. The number of rotatable bonds is 3. The van der Waals surface area contributed by atoms with E-state index in [0.717, 1.165) is 6.07 Å². The predicted octanol–water partition coefficient (Wildman–Crippen LogP) is 4.06. The summed E-state index contributed by atoms with van der Waals surface area (Å²) in [6.07, 6.45) is -3.23. The highest BCUT2D eigenvalue weighted by Gasteiger charge is 2.28. The fourth-order valence-electron chi connectivity index (χ4n) is 1.60. The van der Waals surface area contributed by atoms with E-state index in [1.807, 2.05) is 0 Å². The molecule has 0 aliphatic heterocycles. The summed E-state index contributed by atoms with van der Waals surface area (Å²) in [5, 5.41) is 0.168. The molecule has 1 aromatic carbocycles. The molecular formula is C13H9ClF4N2O. The number of hydrogen-bond acceptors (Lipinski definition) is 3. The first-order valence-electron chi connectivity index (χ1n) is 5.67. The molecule has 2 rings (SSSR count). The third kappa shape index (κ3) is 3.98. The topological polar surface area (TPSA) is 48.1 Å². The van der Waals surface area contributed by atoms with Gasteiger partial charge in [0.05, 0.1) is 10.7 Å². The van der Waals surface area contributed by atoms with Gasteiger partial charge in [-0.15, -0.1) is 0 Å². The lowest BCUT2D eigenvalue weighted by molar-refractivity contribution is -0.154. The monoisotopic (exact) mass is 320 g/mol. The van der Waals surface area contributed by atoms with Gasteiger partial charge < -0.3 is 10.5 Å². The molecule has 0 fully saturated rings. The number of ether oxygens (including phenoxy) is 1. The van der Waals surface area contributed by atoms with E-state index in [1.165, 1.54) is 24.4 Å². The molecule has 0 spiro atoms. The lowest BCUT2D eigenvalue weighted by Crippen LogP contribution is -2.19. The Morgan fingerprint density at radius 1 is 1.24 bits per heavy atom. The Hall–Kier alpha value is -2.02. The van der Waals surface area contributed by atoms with Crippen molar-refractivity contribution in [2.24, 2.45) is 0 Å². The van der Waals surface area contributed by atoms with Crippen molar-refractivity contribution in [3.63, 3.8) is 0 Å². The van der Waals surface area contributed by atoms with Gasteiger partial charge in [0.2, 0.25) is 5.88 Å². The van der Waals surface area contributed by atoms with Crippen LogP contribution in [-0.4, -0.2) is 17.8 Å². The molecule has 0 unspecified atom stereocenters. The molecule has 1 aromatic heterocycles. The minimum absolute atomic E-state index is 0.119. The summed E-state index contributed by atoms with van der Waals surface area (Å²) in [5.74, 6) is -0.915. The van der Waals surface area contributed by atoms with Crippen molar-refractivity contribution < 1.29 is 22.3 Å². The number of pyridine rings is 1. The number of benzene rings is 1. The van der Waals surface area contributed by atoms with Crippen molar-refractivity contribution in [2.75, 3.05) is 12.3 Å². The number of alkyl halides is 3. The quantitative estimate of drug-likeness (QED) is 0.685. The lowest BCUT2D eigenvalue weighted by atomic mass is 10.1. The predicted molar refractivity (Wildman–Crippen MR) is 70.6 cm³/mol. The zero-order chi connectivity index (χ0) is 15.6. The van der Waals surface area contributed by atoms with E-state index >= 15 is 0 Å². The van der Waals surface area contributed by atoms with Gasteiger partial charge in [-0.1, -0.05) is 11.6 Å².